The quantitative estimate of drug-likeness (QED) is 0.869. The predicted octanol–water partition coefficient (Wildman–Crippen LogP) is 1.49. The van der Waals surface area contributed by atoms with Crippen LogP contribution in [0.15, 0.2) is 16.5 Å². The maximum Gasteiger partial charge on any atom is 0.308 e. The number of carboxylic acids is 1. The second-order valence-corrected chi connectivity index (χ2v) is 4.52. The molecule has 0 radical (unpaired) electrons. The standard InChI is InChI=1S/C12H13N3O3/c1-7-2-4-9(18-7)11-13-10-5-3-8(12(16)17)6-15(10)14-11/h2,4,8H,3,5-6H2,1H3,(H,16,17). The normalized spacial score (nSPS) is 18.6. The Hall–Kier alpha value is -2.11. The summed E-state index contributed by atoms with van der Waals surface area (Å²) in [5.41, 5.74) is 0. The molecule has 1 N–H and O–H groups in total. The lowest BCUT2D eigenvalue weighted by Crippen LogP contribution is -2.27. The summed E-state index contributed by atoms with van der Waals surface area (Å²) in [6, 6.07) is 3.68. The Kier molecular flexibility index (Phi) is 2.43. The van der Waals surface area contributed by atoms with Gasteiger partial charge in [0, 0.05) is 6.42 Å². The fraction of sp³-hybridized carbons (Fsp3) is 0.417. The van der Waals surface area contributed by atoms with Gasteiger partial charge in [-0.15, -0.1) is 5.10 Å². The van der Waals surface area contributed by atoms with Crippen LogP contribution in [0.5, 0.6) is 0 Å². The maximum atomic E-state index is 11.0. The Morgan fingerprint density at radius 2 is 2.39 bits per heavy atom. The first-order valence-corrected chi connectivity index (χ1v) is 5.87. The number of fused-ring (bicyclic) bond motifs is 1. The topological polar surface area (TPSA) is 81.2 Å². The Morgan fingerprint density at radius 3 is 3.06 bits per heavy atom. The van der Waals surface area contributed by atoms with Crippen molar-refractivity contribution in [2.75, 3.05) is 0 Å². The van der Waals surface area contributed by atoms with Crippen LogP contribution in [0.1, 0.15) is 18.0 Å². The molecule has 2 aromatic heterocycles. The lowest BCUT2D eigenvalue weighted by molar-refractivity contribution is -0.142. The molecule has 0 aliphatic carbocycles. The second-order valence-electron chi connectivity index (χ2n) is 4.52. The van der Waals surface area contributed by atoms with Crippen molar-refractivity contribution >= 4 is 5.97 Å². The number of aryl methyl sites for hydroxylation is 2. The predicted molar refractivity (Wildman–Crippen MR) is 61.9 cm³/mol. The molecule has 6 heteroatoms. The summed E-state index contributed by atoms with van der Waals surface area (Å²) in [6.07, 6.45) is 1.26. The molecule has 6 nitrogen and oxygen atoms in total. The van der Waals surface area contributed by atoms with Crippen LogP contribution in [0.2, 0.25) is 0 Å². The largest absolute Gasteiger partial charge is 0.481 e. The van der Waals surface area contributed by atoms with Crippen molar-refractivity contribution in [1.29, 1.82) is 0 Å². The number of carbonyl (C=O) groups is 1. The summed E-state index contributed by atoms with van der Waals surface area (Å²) in [5.74, 6) is 1.65. The van der Waals surface area contributed by atoms with Gasteiger partial charge in [0.25, 0.3) is 0 Å². The molecular formula is C12H13N3O3. The average Bonchev–Trinajstić information content (AvgIpc) is 2.93. The van der Waals surface area contributed by atoms with E-state index in [0.29, 0.717) is 31.0 Å². The minimum absolute atomic E-state index is 0.370. The highest BCUT2D eigenvalue weighted by Gasteiger charge is 2.27. The number of aromatic nitrogens is 3. The fourth-order valence-electron chi connectivity index (χ4n) is 2.17. The number of aliphatic carboxylic acids is 1. The number of rotatable bonds is 2. The average molecular weight is 247 g/mol. The molecule has 3 rings (SSSR count). The molecule has 94 valence electrons. The van der Waals surface area contributed by atoms with E-state index >= 15 is 0 Å². The third-order valence-corrected chi connectivity index (χ3v) is 3.17. The minimum Gasteiger partial charge on any atom is -0.481 e. The van der Waals surface area contributed by atoms with Crippen molar-refractivity contribution in [3.8, 4) is 11.6 Å². The van der Waals surface area contributed by atoms with Crippen LogP contribution in [-0.4, -0.2) is 25.8 Å². The van der Waals surface area contributed by atoms with Crippen LogP contribution in [0, 0.1) is 12.8 Å². The maximum absolute atomic E-state index is 11.0. The van der Waals surface area contributed by atoms with E-state index in [1.54, 1.807) is 4.68 Å². The first-order chi connectivity index (χ1) is 8.63. The van der Waals surface area contributed by atoms with Crippen molar-refractivity contribution in [3.05, 3.63) is 23.7 Å². The van der Waals surface area contributed by atoms with Gasteiger partial charge in [0.15, 0.2) is 5.76 Å². The van der Waals surface area contributed by atoms with Crippen LogP contribution in [0.3, 0.4) is 0 Å². The summed E-state index contributed by atoms with van der Waals surface area (Å²) >= 11 is 0. The SMILES string of the molecule is Cc1ccc(-c2nc3n(n2)CC(C(=O)O)CC3)o1. The van der Waals surface area contributed by atoms with E-state index in [1.165, 1.54) is 0 Å². The molecule has 0 spiro atoms. The van der Waals surface area contributed by atoms with Crippen molar-refractivity contribution in [1.82, 2.24) is 14.8 Å². The smallest absolute Gasteiger partial charge is 0.308 e. The molecule has 1 atom stereocenters. The molecular weight excluding hydrogens is 234 g/mol. The van der Waals surface area contributed by atoms with Gasteiger partial charge >= 0.3 is 5.97 Å². The number of carboxylic acid groups (broad SMARTS) is 1. The molecule has 0 fully saturated rings. The molecule has 1 unspecified atom stereocenters. The summed E-state index contributed by atoms with van der Waals surface area (Å²) in [7, 11) is 0. The zero-order chi connectivity index (χ0) is 12.7. The Morgan fingerprint density at radius 1 is 1.56 bits per heavy atom. The molecule has 1 aliphatic rings. The van der Waals surface area contributed by atoms with Crippen LogP contribution in [-0.2, 0) is 17.8 Å². The van der Waals surface area contributed by atoms with Crippen LogP contribution in [0.25, 0.3) is 11.6 Å². The van der Waals surface area contributed by atoms with Gasteiger partial charge < -0.3 is 9.52 Å². The minimum atomic E-state index is -0.772. The van der Waals surface area contributed by atoms with Crippen molar-refractivity contribution in [2.24, 2.45) is 5.92 Å². The second kappa shape index (κ2) is 3.97. The molecule has 1 aliphatic heterocycles. The Labute approximate surface area is 103 Å². The lowest BCUT2D eigenvalue weighted by Gasteiger charge is -2.18. The molecule has 18 heavy (non-hydrogen) atoms. The van der Waals surface area contributed by atoms with E-state index < -0.39 is 5.97 Å². The highest BCUT2D eigenvalue weighted by atomic mass is 16.4. The van der Waals surface area contributed by atoms with Crippen LogP contribution in [0.4, 0.5) is 0 Å². The monoisotopic (exact) mass is 247 g/mol. The molecule has 3 heterocycles. The molecule has 0 bridgehead atoms. The lowest BCUT2D eigenvalue weighted by atomic mass is 10.0. The van der Waals surface area contributed by atoms with Crippen molar-refractivity contribution in [2.45, 2.75) is 26.3 Å². The van der Waals surface area contributed by atoms with E-state index in [9.17, 15) is 4.79 Å². The van der Waals surface area contributed by atoms with E-state index in [0.717, 1.165) is 11.6 Å². The third-order valence-electron chi connectivity index (χ3n) is 3.17. The highest BCUT2D eigenvalue weighted by Crippen LogP contribution is 2.23. The van der Waals surface area contributed by atoms with Gasteiger partial charge in [-0.25, -0.2) is 9.67 Å². The number of furan rings is 1. The van der Waals surface area contributed by atoms with E-state index in [1.807, 2.05) is 19.1 Å². The van der Waals surface area contributed by atoms with E-state index in [-0.39, 0.29) is 5.92 Å². The van der Waals surface area contributed by atoms with E-state index in [4.69, 9.17) is 9.52 Å². The number of nitrogens with zero attached hydrogens (tertiary/aromatic N) is 3. The Bertz CT molecular complexity index is 599. The van der Waals surface area contributed by atoms with Crippen LogP contribution >= 0.6 is 0 Å². The van der Waals surface area contributed by atoms with Crippen molar-refractivity contribution < 1.29 is 14.3 Å². The van der Waals surface area contributed by atoms with Gasteiger partial charge in [-0.1, -0.05) is 0 Å². The number of hydrogen-bond donors (Lipinski definition) is 1. The third kappa shape index (κ3) is 1.79. The summed E-state index contributed by atoms with van der Waals surface area (Å²) in [6.45, 7) is 2.25. The first-order valence-electron chi connectivity index (χ1n) is 5.87. The Balaban J connectivity index is 1.91. The summed E-state index contributed by atoms with van der Waals surface area (Å²) in [4.78, 5) is 15.4. The summed E-state index contributed by atoms with van der Waals surface area (Å²) < 4.78 is 7.14. The zero-order valence-electron chi connectivity index (χ0n) is 9.96. The van der Waals surface area contributed by atoms with Crippen molar-refractivity contribution in [3.63, 3.8) is 0 Å². The number of hydrogen-bond acceptors (Lipinski definition) is 4. The molecule has 0 aromatic carbocycles. The molecule has 2 aromatic rings. The highest BCUT2D eigenvalue weighted by molar-refractivity contribution is 5.70. The molecule has 0 saturated carbocycles. The van der Waals surface area contributed by atoms with Gasteiger partial charge in [-0.05, 0) is 25.5 Å². The molecule has 0 amide bonds. The van der Waals surface area contributed by atoms with Crippen LogP contribution < -0.4 is 0 Å². The summed E-state index contributed by atoms with van der Waals surface area (Å²) in [5, 5.41) is 13.3. The van der Waals surface area contributed by atoms with E-state index in [2.05, 4.69) is 10.1 Å². The fourth-order valence-corrected chi connectivity index (χ4v) is 2.17. The van der Waals surface area contributed by atoms with Gasteiger partial charge in [0.2, 0.25) is 5.82 Å². The van der Waals surface area contributed by atoms with Gasteiger partial charge in [-0.2, -0.15) is 0 Å². The first kappa shape index (κ1) is 11.0. The van der Waals surface area contributed by atoms with Gasteiger partial charge in [-0.3, -0.25) is 4.79 Å². The molecule has 0 saturated heterocycles. The van der Waals surface area contributed by atoms with Gasteiger partial charge in [0.1, 0.15) is 11.6 Å². The van der Waals surface area contributed by atoms with Gasteiger partial charge in [0.05, 0.1) is 12.5 Å². The zero-order valence-corrected chi connectivity index (χ0v) is 9.96.